The summed E-state index contributed by atoms with van der Waals surface area (Å²) in [7, 11) is 2.98. The molecule has 0 atom stereocenters. The molecule has 0 fully saturated rings. The molecule has 0 aliphatic heterocycles. The summed E-state index contributed by atoms with van der Waals surface area (Å²) in [6, 6.07) is 24.2. The highest BCUT2D eigenvalue weighted by molar-refractivity contribution is 6.30. The normalized spacial score (nSPS) is 10.8. The Hall–Kier alpha value is -4.73. The van der Waals surface area contributed by atoms with Gasteiger partial charge < -0.3 is 23.7 Å². The molecule has 4 rings (SSSR count). The van der Waals surface area contributed by atoms with Gasteiger partial charge in [0.25, 0.3) is 0 Å². The number of esters is 1. The first-order chi connectivity index (χ1) is 19.8. The molecule has 1 amide bonds. The molecule has 1 N–H and O–H groups in total. The largest absolute Gasteiger partial charge is 0.497 e. The van der Waals surface area contributed by atoms with Gasteiger partial charge in [-0.3, -0.25) is 4.79 Å². The fourth-order valence-electron chi connectivity index (χ4n) is 3.36. The number of amides is 1. The van der Waals surface area contributed by atoms with Crippen LogP contribution in [0.1, 0.15) is 15.9 Å². The number of hydrogen-bond donors (Lipinski definition) is 1. The number of carbonyl (C=O) groups is 2. The molecule has 0 heterocycles. The van der Waals surface area contributed by atoms with Crippen molar-refractivity contribution in [2.75, 3.05) is 14.2 Å². The number of carbonyl (C=O) groups excluding carboxylic acids is 2. The molecule has 0 radical (unpaired) electrons. The average molecular weight is 595 g/mol. The summed E-state index contributed by atoms with van der Waals surface area (Å²) < 4.78 is 27.4. The van der Waals surface area contributed by atoms with Crippen molar-refractivity contribution in [3.8, 4) is 28.7 Å². The summed E-state index contributed by atoms with van der Waals surface area (Å²) in [5.41, 5.74) is 3.30. The van der Waals surface area contributed by atoms with Crippen LogP contribution in [0.5, 0.6) is 28.7 Å². The van der Waals surface area contributed by atoms with Gasteiger partial charge in [-0.25, -0.2) is 10.2 Å². The van der Waals surface area contributed by atoms with E-state index >= 15 is 0 Å². The number of benzene rings is 4. The van der Waals surface area contributed by atoms with Crippen molar-refractivity contribution in [3.05, 3.63) is 112 Å². The van der Waals surface area contributed by atoms with Gasteiger partial charge >= 0.3 is 18.2 Å². The third kappa shape index (κ3) is 8.38. The lowest BCUT2D eigenvalue weighted by Gasteiger charge is -2.19. The maximum Gasteiger partial charge on any atom is 0.343 e. The van der Waals surface area contributed by atoms with Crippen LogP contribution in [-0.2, 0) is 4.79 Å². The molecule has 0 aromatic heterocycles. The lowest BCUT2D eigenvalue weighted by molar-refractivity contribution is -0.140. The summed E-state index contributed by atoms with van der Waals surface area (Å²) >= 11 is 11.9. The second-order valence-electron chi connectivity index (χ2n) is 8.24. The lowest BCUT2D eigenvalue weighted by atomic mass is 10.2. The van der Waals surface area contributed by atoms with Crippen molar-refractivity contribution in [2.45, 2.75) is 6.29 Å². The fraction of sp³-hybridized carbons (Fsp3) is 0.100. The van der Waals surface area contributed by atoms with Crippen molar-refractivity contribution in [1.82, 2.24) is 5.43 Å². The summed E-state index contributed by atoms with van der Waals surface area (Å²) in [6.07, 6.45) is 0.000658. The van der Waals surface area contributed by atoms with Crippen molar-refractivity contribution in [2.24, 2.45) is 5.10 Å². The van der Waals surface area contributed by atoms with E-state index < -0.39 is 18.2 Å². The summed E-state index contributed by atoms with van der Waals surface area (Å²) in [5.74, 6) is 0.595. The Morgan fingerprint density at radius 2 is 1.29 bits per heavy atom. The molecular formula is C30H24Cl2N2O7. The van der Waals surface area contributed by atoms with Crippen LogP contribution < -0.4 is 29.1 Å². The SMILES string of the molecule is COc1ccc(C(=O)Oc2ccc(/C=N\NC(=O)C(Oc3ccc(Cl)cc3)Oc3ccc(Cl)cc3)cc2OC)cc1. The van der Waals surface area contributed by atoms with E-state index in [2.05, 4.69) is 10.5 Å². The second-order valence-corrected chi connectivity index (χ2v) is 9.11. The van der Waals surface area contributed by atoms with Crippen molar-refractivity contribution >= 4 is 41.3 Å². The molecular weight excluding hydrogens is 571 g/mol. The Morgan fingerprint density at radius 3 is 1.83 bits per heavy atom. The van der Waals surface area contributed by atoms with E-state index in [0.29, 0.717) is 38.4 Å². The monoisotopic (exact) mass is 594 g/mol. The van der Waals surface area contributed by atoms with Crippen molar-refractivity contribution < 1.29 is 33.3 Å². The van der Waals surface area contributed by atoms with E-state index in [4.69, 9.17) is 46.9 Å². The Morgan fingerprint density at radius 1 is 0.732 bits per heavy atom. The molecule has 0 aliphatic carbocycles. The molecule has 0 bridgehead atoms. The van der Waals surface area contributed by atoms with Crippen LogP contribution in [0.3, 0.4) is 0 Å². The minimum absolute atomic E-state index is 0.210. The van der Waals surface area contributed by atoms with Gasteiger partial charge in [-0.05, 0) is 96.6 Å². The minimum atomic E-state index is -1.39. The zero-order chi connectivity index (χ0) is 29.2. The average Bonchev–Trinajstić information content (AvgIpc) is 2.99. The van der Waals surface area contributed by atoms with Gasteiger partial charge in [0.05, 0.1) is 26.0 Å². The van der Waals surface area contributed by atoms with Gasteiger partial charge in [-0.2, -0.15) is 5.10 Å². The molecule has 210 valence electrons. The highest BCUT2D eigenvalue weighted by atomic mass is 35.5. The van der Waals surface area contributed by atoms with Gasteiger partial charge in [0.1, 0.15) is 17.2 Å². The fourth-order valence-corrected chi connectivity index (χ4v) is 3.61. The molecule has 41 heavy (non-hydrogen) atoms. The minimum Gasteiger partial charge on any atom is -0.497 e. The number of methoxy groups -OCH3 is 2. The molecule has 0 spiro atoms. The standard InChI is InChI=1S/C30H24Cl2N2O7/c1-37-23-10-4-20(5-11-23)29(36)41-26-16-3-19(17-27(26)38-2)18-33-34-28(35)30(39-24-12-6-21(31)7-13-24)40-25-14-8-22(32)9-15-25/h3-18,30H,1-2H3,(H,34,35)/b33-18-. The highest BCUT2D eigenvalue weighted by Crippen LogP contribution is 2.29. The van der Waals surface area contributed by atoms with Crippen LogP contribution in [0, 0.1) is 0 Å². The van der Waals surface area contributed by atoms with Crippen LogP contribution >= 0.6 is 23.2 Å². The predicted octanol–water partition coefficient (Wildman–Crippen LogP) is 6.16. The number of halogens is 2. The highest BCUT2D eigenvalue weighted by Gasteiger charge is 2.23. The van der Waals surface area contributed by atoms with E-state index in [1.807, 2.05) is 0 Å². The quantitative estimate of drug-likeness (QED) is 0.0728. The maximum absolute atomic E-state index is 12.9. The van der Waals surface area contributed by atoms with Gasteiger partial charge in [0, 0.05) is 10.0 Å². The number of nitrogens with one attached hydrogen (secondary N) is 1. The first kappa shape index (κ1) is 29.3. The Kier molecular flexibility index (Phi) is 10.0. The molecule has 0 unspecified atom stereocenters. The molecule has 11 heteroatoms. The van der Waals surface area contributed by atoms with Crippen molar-refractivity contribution in [1.29, 1.82) is 0 Å². The number of hydrogen-bond acceptors (Lipinski definition) is 8. The topological polar surface area (TPSA) is 105 Å². The van der Waals surface area contributed by atoms with Crippen molar-refractivity contribution in [3.63, 3.8) is 0 Å². The van der Waals surface area contributed by atoms with E-state index in [1.165, 1.54) is 20.4 Å². The molecule has 4 aromatic rings. The summed E-state index contributed by atoms with van der Waals surface area (Å²) in [5, 5.41) is 5.03. The molecule has 4 aromatic carbocycles. The zero-order valence-corrected chi connectivity index (χ0v) is 23.4. The van der Waals surface area contributed by atoms with Gasteiger partial charge in [0.15, 0.2) is 11.5 Å². The lowest BCUT2D eigenvalue weighted by Crippen LogP contribution is -2.40. The Bertz CT molecular complexity index is 1460. The summed E-state index contributed by atoms with van der Waals surface area (Å²) in [6.45, 7) is 0. The Balaban J connectivity index is 1.43. The third-order valence-electron chi connectivity index (χ3n) is 5.43. The second kappa shape index (κ2) is 14.1. The van der Waals surface area contributed by atoms with Gasteiger partial charge in [0.2, 0.25) is 0 Å². The number of rotatable bonds is 11. The summed E-state index contributed by atoms with van der Waals surface area (Å²) in [4.78, 5) is 25.5. The zero-order valence-electron chi connectivity index (χ0n) is 21.9. The van der Waals surface area contributed by atoms with Gasteiger partial charge in [-0.1, -0.05) is 23.2 Å². The van der Waals surface area contributed by atoms with Crippen LogP contribution in [0.15, 0.2) is 96.1 Å². The first-order valence-corrected chi connectivity index (χ1v) is 12.8. The van der Waals surface area contributed by atoms with E-state index in [1.54, 1.807) is 91.0 Å². The third-order valence-corrected chi connectivity index (χ3v) is 5.94. The molecule has 9 nitrogen and oxygen atoms in total. The predicted molar refractivity (Wildman–Crippen MR) is 155 cm³/mol. The molecule has 0 saturated carbocycles. The molecule has 0 aliphatic rings. The number of ether oxygens (including phenoxy) is 5. The van der Waals surface area contributed by atoms with Crippen LogP contribution in [0.4, 0.5) is 0 Å². The van der Waals surface area contributed by atoms with E-state index in [9.17, 15) is 9.59 Å². The number of hydrazone groups is 1. The first-order valence-electron chi connectivity index (χ1n) is 12.1. The van der Waals surface area contributed by atoms with E-state index in [0.717, 1.165) is 0 Å². The van der Waals surface area contributed by atoms with E-state index in [-0.39, 0.29) is 11.5 Å². The van der Waals surface area contributed by atoms with Crippen LogP contribution in [0.2, 0.25) is 10.0 Å². The van der Waals surface area contributed by atoms with Gasteiger partial charge in [-0.15, -0.1) is 0 Å². The Labute approximate surface area is 246 Å². The number of nitrogens with zero attached hydrogens (tertiary/aromatic N) is 1. The maximum atomic E-state index is 12.9. The van der Waals surface area contributed by atoms with Crippen LogP contribution in [0.25, 0.3) is 0 Å². The molecule has 0 saturated heterocycles. The smallest absolute Gasteiger partial charge is 0.343 e. The van der Waals surface area contributed by atoms with Crippen LogP contribution in [-0.4, -0.2) is 38.6 Å².